The summed E-state index contributed by atoms with van der Waals surface area (Å²) in [6.07, 6.45) is 2.67. The summed E-state index contributed by atoms with van der Waals surface area (Å²) < 4.78 is 5.38. The van der Waals surface area contributed by atoms with Crippen molar-refractivity contribution in [2.45, 2.75) is 18.9 Å². The van der Waals surface area contributed by atoms with Gasteiger partial charge in [0.1, 0.15) is 0 Å². The highest BCUT2D eigenvalue weighted by atomic mass is 16.5. The first kappa shape index (κ1) is 6.62. The third-order valence-corrected chi connectivity index (χ3v) is 2.91. The van der Waals surface area contributed by atoms with Crippen molar-refractivity contribution in [1.29, 1.82) is 0 Å². The standard InChI is InChI=1S/C8H15NO/c1-9-8-2-6-4-10-5-7(6)3-8/h6-9H,2-5H2,1H3/t6-,7-/m0/s1. The number of nitrogens with one attached hydrogen (secondary N) is 1. The molecule has 58 valence electrons. The van der Waals surface area contributed by atoms with Gasteiger partial charge in [-0.25, -0.2) is 0 Å². The summed E-state index contributed by atoms with van der Waals surface area (Å²) >= 11 is 0. The Morgan fingerprint density at radius 3 is 2.30 bits per heavy atom. The van der Waals surface area contributed by atoms with Crippen molar-refractivity contribution in [3.8, 4) is 0 Å². The smallest absolute Gasteiger partial charge is 0.0498 e. The van der Waals surface area contributed by atoms with Crippen molar-refractivity contribution in [1.82, 2.24) is 5.32 Å². The van der Waals surface area contributed by atoms with Gasteiger partial charge in [-0.15, -0.1) is 0 Å². The van der Waals surface area contributed by atoms with Crippen molar-refractivity contribution in [3.63, 3.8) is 0 Å². The average Bonchev–Trinajstić information content (AvgIpc) is 2.42. The van der Waals surface area contributed by atoms with Crippen molar-refractivity contribution in [2.24, 2.45) is 11.8 Å². The first-order valence-electron chi connectivity index (χ1n) is 4.15. The molecule has 1 aliphatic carbocycles. The van der Waals surface area contributed by atoms with E-state index in [1.807, 2.05) is 0 Å². The van der Waals surface area contributed by atoms with E-state index in [0.29, 0.717) is 0 Å². The Hall–Kier alpha value is -0.0800. The van der Waals surface area contributed by atoms with Crippen LogP contribution in [-0.2, 0) is 4.74 Å². The van der Waals surface area contributed by atoms with Crippen LogP contribution in [0.4, 0.5) is 0 Å². The van der Waals surface area contributed by atoms with Gasteiger partial charge in [0.05, 0.1) is 0 Å². The Bertz CT molecular complexity index is 114. The van der Waals surface area contributed by atoms with Crippen molar-refractivity contribution >= 4 is 0 Å². The first-order chi connectivity index (χ1) is 4.90. The van der Waals surface area contributed by atoms with E-state index in [1.54, 1.807) is 0 Å². The molecule has 0 spiro atoms. The maximum Gasteiger partial charge on any atom is 0.0498 e. The van der Waals surface area contributed by atoms with Crippen LogP contribution in [0.5, 0.6) is 0 Å². The first-order valence-corrected chi connectivity index (χ1v) is 4.15. The highest BCUT2D eigenvalue weighted by molar-refractivity contribution is 4.89. The number of hydrogen-bond donors (Lipinski definition) is 1. The molecule has 2 heteroatoms. The Morgan fingerprint density at radius 1 is 1.20 bits per heavy atom. The van der Waals surface area contributed by atoms with Gasteiger partial charge in [0.15, 0.2) is 0 Å². The van der Waals surface area contributed by atoms with Gasteiger partial charge in [-0.2, -0.15) is 0 Å². The predicted molar refractivity (Wildman–Crippen MR) is 39.9 cm³/mol. The molecule has 2 atom stereocenters. The third kappa shape index (κ3) is 0.956. The normalized spacial score (nSPS) is 40.5. The van der Waals surface area contributed by atoms with Gasteiger partial charge in [0.25, 0.3) is 0 Å². The van der Waals surface area contributed by atoms with Gasteiger partial charge >= 0.3 is 0 Å². The lowest BCUT2D eigenvalue weighted by Gasteiger charge is -2.07. The summed E-state index contributed by atoms with van der Waals surface area (Å²) in [5.74, 6) is 1.75. The molecular formula is C8H15NO. The summed E-state index contributed by atoms with van der Waals surface area (Å²) in [4.78, 5) is 0. The lowest BCUT2D eigenvalue weighted by Crippen LogP contribution is -2.22. The zero-order valence-electron chi connectivity index (χ0n) is 6.47. The lowest BCUT2D eigenvalue weighted by molar-refractivity contribution is 0.170. The Labute approximate surface area is 61.9 Å². The summed E-state index contributed by atoms with van der Waals surface area (Å²) in [6, 6.07) is 0.777. The second kappa shape index (κ2) is 2.51. The zero-order valence-corrected chi connectivity index (χ0v) is 6.47. The van der Waals surface area contributed by atoms with Crippen LogP contribution in [0, 0.1) is 11.8 Å². The molecule has 0 radical (unpaired) electrons. The molecule has 2 aliphatic rings. The molecule has 2 rings (SSSR count). The van der Waals surface area contributed by atoms with E-state index < -0.39 is 0 Å². The topological polar surface area (TPSA) is 21.3 Å². The average molecular weight is 141 g/mol. The molecule has 1 heterocycles. The number of fused-ring (bicyclic) bond motifs is 1. The monoisotopic (exact) mass is 141 g/mol. The van der Waals surface area contributed by atoms with Crippen LogP contribution in [-0.4, -0.2) is 26.3 Å². The molecule has 2 fully saturated rings. The maximum absolute atomic E-state index is 5.38. The van der Waals surface area contributed by atoms with Crippen molar-refractivity contribution in [3.05, 3.63) is 0 Å². The van der Waals surface area contributed by atoms with E-state index >= 15 is 0 Å². The van der Waals surface area contributed by atoms with Crippen LogP contribution in [0.25, 0.3) is 0 Å². The molecule has 0 aromatic heterocycles. The fourth-order valence-corrected chi connectivity index (χ4v) is 2.23. The molecule has 1 N–H and O–H groups in total. The number of rotatable bonds is 1. The molecule has 2 nitrogen and oxygen atoms in total. The van der Waals surface area contributed by atoms with Gasteiger partial charge in [0, 0.05) is 19.3 Å². The van der Waals surface area contributed by atoms with Crippen LogP contribution in [0.1, 0.15) is 12.8 Å². The molecule has 10 heavy (non-hydrogen) atoms. The quantitative estimate of drug-likeness (QED) is 0.578. The van der Waals surface area contributed by atoms with Crippen LogP contribution in [0.2, 0.25) is 0 Å². The lowest BCUT2D eigenvalue weighted by atomic mass is 10.0. The van der Waals surface area contributed by atoms with Gasteiger partial charge in [-0.3, -0.25) is 0 Å². The van der Waals surface area contributed by atoms with Gasteiger partial charge in [-0.05, 0) is 31.7 Å². The number of ether oxygens (including phenoxy) is 1. The molecule has 0 aromatic rings. The molecule has 0 amide bonds. The van der Waals surface area contributed by atoms with E-state index in [2.05, 4.69) is 12.4 Å². The minimum absolute atomic E-state index is 0.777. The van der Waals surface area contributed by atoms with Crippen molar-refractivity contribution in [2.75, 3.05) is 20.3 Å². The SMILES string of the molecule is CNC1C[C@H]2COC[C@@H]2C1. The second-order valence-corrected chi connectivity index (χ2v) is 3.51. The highest BCUT2D eigenvalue weighted by Crippen LogP contribution is 2.36. The van der Waals surface area contributed by atoms with Gasteiger partial charge < -0.3 is 10.1 Å². The van der Waals surface area contributed by atoms with Crippen LogP contribution < -0.4 is 5.32 Å². The Balaban J connectivity index is 1.94. The van der Waals surface area contributed by atoms with Crippen LogP contribution in [0.15, 0.2) is 0 Å². The molecule has 1 aliphatic heterocycles. The van der Waals surface area contributed by atoms with E-state index in [-0.39, 0.29) is 0 Å². The summed E-state index contributed by atoms with van der Waals surface area (Å²) in [6.45, 7) is 2.03. The largest absolute Gasteiger partial charge is 0.381 e. The predicted octanol–water partition coefficient (Wildman–Crippen LogP) is 0.631. The Kier molecular flexibility index (Phi) is 1.66. The van der Waals surface area contributed by atoms with Gasteiger partial charge in [0.2, 0.25) is 0 Å². The molecule has 1 saturated carbocycles. The van der Waals surface area contributed by atoms with E-state index in [9.17, 15) is 0 Å². The second-order valence-electron chi connectivity index (χ2n) is 3.51. The molecule has 1 saturated heterocycles. The van der Waals surface area contributed by atoms with Crippen molar-refractivity contribution < 1.29 is 4.74 Å². The fraction of sp³-hybridized carbons (Fsp3) is 1.00. The maximum atomic E-state index is 5.38. The van der Waals surface area contributed by atoms with Crippen LogP contribution >= 0.6 is 0 Å². The molecule has 0 aromatic carbocycles. The van der Waals surface area contributed by atoms with Crippen LogP contribution in [0.3, 0.4) is 0 Å². The number of hydrogen-bond acceptors (Lipinski definition) is 2. The molecule has 0 unspecified atom stereocenters. The minimum atomic E-state index is 0.777. The van der Waals surface area contributed by atoms with E-state index in [0.717, 1.165) is 31.1 Å². The Morgan fingerprint density at radius 2 is 1.80 bits per heavy atom. The highest BCUT2D eigenvalue weighted by Gasteiger charge is 2.37. The molecular weight excluding hydrogens is 126 g/mol. The third-order valence-electron chi connectivity index (χ3n) is 2.91. The summed E-state index contributed by atoms with van der Waals surface area (Å²) in [5, 5.41) is 3.34. The van der Waals surface area contributed by atoms with Gasteiger partial charge in [-0.1, -0.05) is 0 Å². The van der Waals surface area contributed by atoms with E-state index in [1.165, 1.54) is 12.8 Å². The molecule has 0 bridgehead atoms. The summed E-state index contributed by atoms with van der Waals surface area (Å²) in [7, 11) is 2.06. The summed E-state index contributed by atoms with van der Waals surface area (Å²) in [5.41, 5.74) is 0. The zero-order chi connectivity index (χ0) is 6.97. The van der Waals surface area contributed by atoms with E-state index in [4.69, 9.17) is 4.74 Å². The fourth-order valence-electron chi connectivity index (χ4n) is 2.23. The minimum Gasteiger partial charge on any atom is -0.381 e.